The summed E-state index contributed by atoms with van der Waals surface area (Å²) < 4.78 is 30.4. The van der Waals surface area contributed by atoms with E-state index in [0.29, 0.717) is 21.1 Å². The molecule has 0 aliphatic heterocycles. The summed E-state index contributed by atoms with van der Waals surface area (Å²) >= 11 is 7.53. The minimum Gasteiger partial charge on any atom is -0.319 e. The van der Waals surface area contributed by atoms with Gasteiger partial charge in [0.25, 0.3) is 15.9 Å². The molecule has 0 saturated carbocycles. The Morgan fingerprint density at radius 1 is 1.03 bits per heavy atom. The van der Waals surface area contributed by atoms with Crippen molar-refractivity contribution in [2.24, 2.45) is 12.0 Å². The molecule has 0 aliphatic rings. The van der Waals surface area contributed by atoms with Gasteiger partial charge in [-0.2, -0.15) is 4.99 Å². The molecule has 9 heteroatoms. The lowest BCUT2D eigenvalue weighted by Crippen LogP contribution is -2.14. The van der Waals surface area contributed by atoms with Crippen LogP contribution in [-0.2, 0) is 17.1 Å². The molecular formula is C23H20ClN3O3S2. The van der Waals surface area contributed by atoms with Crippen LogP contribution in [0.3, 0.4) is 0 Å². The molecule has 1 heterocycles. The SMILES string of the molecule is Cc1ccc(S(=O)(=O)Nc2ccc(C(=O)N=c3sc4cc(Cl)cc(C)c4n3C)cc2)cc1. The first-order valence-electron chi connectivity index (χ1n) is 9.68. The molecule has 0 fully saturated rings. The number of benzene rings is 3. The van der Waals surface area contributed by atoms with E-state index in [4.69, 9.17) is 11.6 Å². The molecule has 3 aromatic carbocycles. The van der Waals surface area contributed by atoms with Crippen LogP contribution < -0.4 is 9.52 Å². The Morgan fingerprint density at radius 3 is 2.34 bits per heavy atom. The number of sulfonamides is 1. The van der Waals surface area contributed by atoms with Crippen molar-refractivity contribution in [1.29, 1.82) is 0 Å². The topological polar surface area (TPSA) is 80.5 Å². The Labute approximate surface area is 194 Å². The third-order valence-electron chi connectivity index (χ3n) is 4.97. The minimum absolute atomic E-state index is 0.172. The fraction of sp³-hybridized carbons (Fsp3) is 0.130. The van der Waals surface area contributed by atoms with Gasteiger partial charge in [0.2, 0.25) is 0 Å². The maximum absolute atomic E-state index is 12.7. The highest BCUT2D eigenvalue weighted by Crippen LogP contribution is 2.25. The predicted molar refractivity (Wildman–Crippen MR) is 129 cm³/mol. The summed E-state index contributed by atoms with van der Waals surface area (Å²) in [5.41, 5.74) is 3.67. The first-order chi connectivity index (χ1) is 15.1. The largest absolute Gasteiger partial charge is 0.319 e. The van der Waals surface area contributed by atoms with Crippen LogP contribution in [0.5, 0.6) is 0 Å². The van der Waals surface area contributed by atoms with Crippen LogP contribution in [-0.4, -0.2) is 18.9 Å². The van der Waals surface area contributed by atoms with Gasteiger partial charge in [-0.3, -0.25) is 9.52 Å². The molecule has 32 heavy (non-hydrogen) atoms. The molecule has 1 amide bonds. The van der Waals surface area contributed by atoms with Crippen LogP contribution >= 0.6 is 22.9 Å². The van der Waals surface area contributed by atoms with Gasteiger partial charge < -0.3 is 4.57 Å². The van der Waals surface area contributed by atoms with Crippen LogP contribution in [0.4, 0.5) is 5.69 Å². The van der Waals surface area contributed by atoms with Gasteiger partial charge >= 0.3 is 0 Å². The van der Waals surface area contributed by atoms with E-state index in [-0.39, 0.29) is 4.90 Å². The number of thiazole rings is 1. The summed E-state index contributed by atoms with van der Waals surface area (Å²) in [4.78, 5) is 17.7. The van der Waals surface area contributed by atoms with E-state index in [2.05, 4.69) is 9.71 Å². The number of halogens is 1. The number of amides is 1. The summed E-state index contributed by atoms with van der Waals surface area (Å²) in [7, 11) is -1.85. The van der Waals surface area contributed by atoms with E-state index < -0.39 is 15.9 Å². The van der Waals surface area contributed by atoms with Gasteiger partial charge in [0.15, 0.2) is 4.80 Å². The van der Waals surface area contributed by atoms with E-state index in [1.807, 2.05) is 37.6 Å². The smallest absolute Gasteiger partial charge is 0.279 e. The van der Waals surface area contributed by atoms with Gasteiger partial charge in [-0.25, -0.2) is 8.42 Å². The molecule has 6 nitrogen and oxygen atoms in total. The molecular weight excluding hydrogens is 466 g/mol. The highest BCUT2D eigenvalue weighted by molar-refractivity contribution is 7.92. The van der Waals surface area contributed by atoms with E-state index in [0.717, 1.165) is 21.3 Å². The fourth-order valence-electron chi connectivity index (χ4n) is 3.34. The number of aryl methyl sites for hydroxylation is 3. The summed E-state index contributed by atoms with van der Waals surface area (Å²) in [6.07, 6.45) is 0. The molecule has 0 atom stereocenters. The zero-order valence-corrected chi connectivity index (χ0v) is 20.0. The van der Waals surface area contributed by atoms with Crippen molar-refractivity contribution < 1.29 is 13.2 Å². The Morgan fingerprint density at radius 2 is 1.69 bits per heavy atom. The van der Waals surface area contributed by atoms with E-state index in [9.17, 15) is 13.2 Å². The molecule has 0 bridgehead atoms. The molecule has 1 aromatic heterocycles. The monoisotopic (exact) mass is 485 g/mol. The standard InChI is InChI=1S/C23H20ClN3O3S2/c1-14-4-10-19(11-5-14)32(29,30)26-18-8-6-16(7-9-18)22(28)25-23-27(3)21-15(2)12-17(24)13-20(21)31-23/h4-13,26H,1-3H3. The number of aromatic nitrogens is 1. The van der Waals surface area contributed by atoms with Crippen molar-refractivity contribution in [3.63, 3.8) is 0 Å². The second-order valence-electron chi connectivity index (χ2n) is 7.43. The number of nitrogens with zero attached hydrogens (tertiary/aromatic N) is 2. The number of anilines is 1. The Bertz CT molecular complexity index is 1500. The van der Waals surface area contributed by atoms with Crippen molar-refractivity contribution in [3.8, 4) is 0 Å². The number of carbonyl (C=O) groups is 1. The quantitative estimate of drug-likeness (QED) is 0.439. The third kappa shape index (κ3) is 4.48. The summed E-state index contributed by atoms with van der Waals surface area (Å²) in [5, 5.41) is 0.637. The van der Waals surface area contributed by atoms with Crippen LogP contribution in [0.1, 0.15) is 21.5 Å². The molecule has 0 unspecified atom stereocenters. The highest BCUT2D eigenvalue weighted by atomic mass is 35.5. The van der Waals surface area contributed by atoms with Gasteiger partial charge in [0.1, 0.15) is 0 Å². The maximum Gasteiger partial charge on any atom is 0.279 e. The van der Waals surface area contributed by atoms with E-state index >= 15 is 0 Å². The van der Waals surface area contributed by atoms with E-state index in [1.54, 1.807) is 48.5 Å². The van der Waals surface area contributed by atoms with E-state index in [1.165, 1.54) is 11.3 Å². The summed E-state index contributed by atoms with van der Waals surface area (Å²) in [6.45, 7) is 3.85. The highest BCUT2D eigenvalue weighted by Gasteiger charge is 2.15. The van der Waals surface area contributed by atoms with Crippen molar-refractivity contribution in [2.75, 3.05) is 4.72 Å². The number of fused-ring (bicyclic) bond motifs is 1. The molecule has 4 aromatic rings. The van der Waals surface area contributed by atoms with Gasteiger partial charge in [0, 0.05) is 23.3 Å². The van der Waals surface area contributed by atoms with Crippen molar-refractivity contribution in [2.45, 2.75) is 18.7 Å². The van der Waals surface area contributed by atoms with Crippen molar-refractivity contribution in [1.82, 2.24) is 4.57 Å². The van der Waals surface area contributed by atoms with Crippen molar-refractivity contribution in [3.05, 3.63) is 87.2 Å². The molecule has 0 aliphatic carbocycles. The molecule has 0 radical (unpaired) electrons. The first kappa shape index (κ1) is 22.3. The van der Waals surface area contributed by atoms with Gasteiger partial charge in [0.05, 0.1) is 15.1 Å². The number of hydrogen-bond donors (Lipinski definition) is 1. The van der Waals surface area contributed by atoms with Gasteiger partial charge in [-0.1, -0.05) is 40.6 Å². The molecule has 0 saturated heterocycles. The number of hydrogen-bond acceptors (Lipinski definition) is 4. The van der Waals surface area contributed by atoms with Crippen LogP contribution in [0, 0.1) is 13.8 Å². The zero-order valence-electron chi connectivity index (χ0n) is 17.6. The molecule has 0 spiro atoms. The second-order valence-corrected chi connectivity index (χ2v) is 10.6. The van der Waals surface area contributed by atoms with Crippen molar-refractivity contribution >= 4 is 54.8 Å². The lowest BCUT2D eigenvalue weighted by molar-refractivity contribution is 0.0998. The summed E-state index contributed by atoms with van der Waals surface area (Å²) in [6, 6.07) is 16.5. The number of carbonyl (C=O) groups excluding carboxylic acids is 1. The number of rotatable bonds is 4. The van der Waals surface area contributed by atoms with Crippen LogP contribution in [0.2, 0.25) is 5.02 Å². The molecule has 1 N–H and O–H groups in total. The Balaban J connectivity index is 1.59. The second kappa shape index (κ2) is 8.54. The lowest BCUT2D eigenvalue weighted by atomic mass is 10.2. The average Bonchev–Trinajstić information content (AvgIpc) is 3.03. The molecule has 164 valence electrons. The predicted octanol–water partition coefficient (Wildman–Crippen LogP) is 5.05. The van der Waals surface area contributed by atoms with Gasteiger partial charge in [-0.15, -0.1) is 0 Å². The number of nitrogens with one attached hydrogen (secondary N) is 1. The van der Waals surface area contributed by atoms with Gasteiger partial charge in [-0.05, 0) is 67.9 Å². The lowest BCUT2D eigenvalue weighted by Gasteiger charge is -2.08. The average molecular weight is 486 g/mol. The minimum atomic E-state index is -3.71. The maximum atomic E-state index is 12.7. The zero-order chi connectivity index (χ0) is 23.0. The van der Waals surface area contributed by atoms with Crippen LogP contribution in [0.25, 0.3) is 10.2 Å². The normalized spacial score (nSPS) is 12.3. The first-order valence-corrected chi connectivity index (χ1v) is 12.4. The third-order valence-corrected chi connectivity index (χ3v) is 7.66. The molecule has 4 rings (SSSR count). The Hall–Kier alpha value is -2.94. The fourth-order valence-corrected chi connectivity index (χ4v) is 5.87. The Kier molecular flexibility index (Phi) is 5.94. The summed E-state index contributed by atoms with van der Waals surface area (Å²) in [5.74, 6) is -0.413. The van der Waals surface area contributed by atoms with Crippen LogP contribution in [0.15, 0.2) is 70.6 Å².